The summed E-state index contributed by atoms with van der Waals surface area (Å²) >= 11 is 5.60. The van der Waals surface area contributed by atoms with E-state index in [2.05, 4.69) is 17.2 Å². The number of hydrogen-bond donors (Lipinski definition) is 3. The standard InChI is InChI=1S/C19H18ClFN2O3/c1-2-18(25)23-14-6-3-12(4-7-14)9-19(26)22-11-17(24)13-5-8-15(20)16(21)10-13/h2-8,10,17,24H,1,9,11H2,(H,22,26)(H,23,25). The normalized spacial score (nSPS) is 11.5. The number of hydrogen-bond acceptors (Lipinski definition) is 3. The minimum Gasteiger partial charge on any atom is -0.387 e. The lowest BCUT2D eigenvalue weighted by molar-refractivity contribution is -0.121. The number of carbonyl (C=O) groups excluding carboxylic acids is 2. The third-order valence-corrected chi connectivity index (χ3v) is 3.90. The van der Waals surface area contributed by atoms with Crippen molar-refractivity contribution in [3.05, 3.63) is 77.1 Å². The molecule has 0 saturated carbocycles. The van der Waals surface area contributed by atoms with Gasteiger partial charge in [-0.25, -0.2) is 4.39 Å². The fourth-order valence-corrected chi connectivity index (χ4v) is 2.31. The van der Waals surface area contributed by atoms with Gasteiger partial charge in [-0.05, 0) is 41.5 Å². The average Bonchev–Trinajstić information content (AvgIpc) is 2.63. The molecule has 0 aromatic heterocycles. The number of nitrogens with one attached hydrogen (secondary N) is 2. The summed E-state index contributed by atoms with van der Waals surface area (Å²) in [6.45, 7) is 3.32. The highest BCUT2D eigenvalue weighted by molar-refractivity contribution is 6.30. The van der Waals surface area contributed by atoms with Crippen LogP contribution in [-0.4, -0.2) is 23.5 Å². The molecule has 0 fully saturated rings. The van der Waals surface area contributed by atoms with Crippen molar-refractivity contribution in [3.8, 4) is 0 Å². The molecule has 0 saturated heterocycles. The van der Waals surface area contributed by atoms with Crippen LogP contribution in [0, 0.1) is 5.82 Å². The van der Waals surface area contributed by atoms with Crippen molar-refractivity contribution in [1.82, 2.24) is 5.32 Å². The first-order valence-electron chi connectivity index (χ1n) is 7.81. The van der Waals surface area contributed by atoms with Gasteiger partial charge >= 0.3 is 0 Å². The largest absolute Gasteiger partial charge is 0.387 e. The second kappa shape index (κ2) is 9.12. The molecule has 26 heavy (non-hydrogen) atoms. The maximum Gasteiger partial charge on any atom is 0.247 e. The molecular weight excluding hydrogens is 359 g/mol. The van der Waals surface area contributed by atoms with Crippen LogP contribution in [0.4, 0.5) is 10.1 Å². The average molecular weight is 377 g/mol. The summed E-state index contributed by atoms with van der Waals surface area (Å²) in [5.41, 5.74) is 1.67. The lowest BCUT2D eigenvalue weighted by atomic mass is 10.1. The number of carbonyl (C=O) groups is 2. The molecule has 5 nitrogen and oxygen atoms in total. The Balaban J connectivity index is 1.85. The van der Waals surface area contributed by atoms with Crippen LogP contribution in [-0.2, 0) is 16.0 Å². The molecule has 0 radical (unpaired) electrons. The highest BCUT2D eigenvalue weighted by atomic mass is 35.5. The molecule has 3 N–H and O–H groups in total. The Hall–Kier alpha value is -2.70. The molecule has 0 aliphatic carbocycles. The molecule has 0 bridgehead atoms. The van der Waals surface area contributed by atoms with Gasteiger partial charge in [-0.2, -0.15) is 0 Å². The summed E-state index contributed by atoms with van der Waals surface area (Å²) < 4.78 is 13.4. The number of aliphatic hydroxyl groups is 1. The Morgan fingerprint density at radius 1 is 1.23 bits per heavy atom. The van der Waals surface area contributed by atoms with E-state index < -0.39 is 11.9 Å². The van der Waals surface area contributed by atoms with E-state index in [1.165, 1.54) is 18.2 Å². The Bertz CT molecular complexity index is 809. The summed E-state index contributed by atoms with van der Waals surface area (Å²) in [4.78, 5) is 23.2. The molecule has 2 amide bonds. The zero-order valence-electron chi connectivity index (χ0n) is 13.8. The van der Waals surface area contributed by atoms with E-state index in [0.717, 1.165) is 11.6 Å². The maximum atomic E-state index is 13.4. The quantitative estimate of drug-likeness (QED) is 0.650. The predicted octanol–water partition coefficient (Wildman–Crippen LogP) is 3.00. The van der Waals surface area contributed by atoms with Gasteiger partial charge in [0.05, 0.1) is 17.5 Å². The summed E-state index contributed by atoms with van der Waals surface area (Å²) in [7, 11) is 0. The van der Waals surface area contributed by atoms with E-state index in [-0.39, 0.29) is 29.8 Å². The number of halogens is 2. The molecule has 136 valence electrons. The molecule has 0 spiro atoms. The van der Waals surface area contributed by atoms with Crippen LogP contribution >= 0.6 is 11.6 Å². The first-order chi connectivity index (χ1) is 12.4. The zero-order chi connectivity index (χ0) is 19.1. The Morgan fingerprint density at radius 2 is 1.92 bits per heavy atom. The third kappa shape index (κ3) is 5.68. The molecule has 2 rings (SSSR count). The lowest BCUT2D eigenvalue weighted by Crippen LogP contribution is -2.29. The van der Waals surface area contributed by atoms with E-state index in [0.29, 0.717) is 11.3 Å². The van der Waals surface area contributed by atoms with Gasteiger partial charge in [0.2, 0.25) is 11.8 Å². The predicted molar refractivity (Wildman–Crippen MR) is 98.4 cm³/mol. The Kier molecular flexibility index (Phi) is 6.89. The highest BCUT2D eigenvalue weighted by Gasteiger charge is 2.12. The van der Waals surface area contributed by atoms with Crippen LogP contribution < -0.4 is 10.6 Å². The van der Waals surface area contributed by atoms with E-state index in [9.17, 15) is 19.1 Å². The molecule has 2 aromatic rings. The molecule has 1 atom stereocenters. The number of benzene rings is 2. The van der Waals surface area contributed by atoms with Crippen LogP contribution in [0.2, 0.25) is 5.02 Å². The van der Waals surface area contributed by atoms with Crippen LogP contribution in [0.5, 0.6) is 0 Å². The van der Waals surface area contributed by atoms with Gasteiger partial charge in [-0.3, -0.25) is 9.59 Å². The molecule has 1 unspecified atom stereocenters. The van der Waals surface area contributed by atoms with E-state index >= 15 is 0 Å². The second-order valence-corrected chi connectivity index (χ2v) is 5.97. The van der Waals surface area contributed by atoms with Crippen LogP contribution in [0.15, 0.2) is 55.1 Å². The van der Waals surface area contributed by atoms with Gasteiger partial charge in [0.1, 0.15) is 5.82 Å². The maximum absolute atomic E-state index is 13.4. The minimum absolute atomic E-state index is 0.0299. The van der Waals surface area contributed by atoms with Crippen LogP contribution in [0.3, 0.4) is 0 Å². The van der Waals surface area contributed by atoms with Crippen LogP contribution in [0.1, 0.15) is 17.2 Å². The van der Waals surface area contributed by atoms with Gasteiger partial charge in [-0.15, -0.1) is 0 Å². The third-order valence-electron chi connectivity index (χ3n) is 3.59. The summed E-state index contributed by atoms with van der Waals surface area (Å²) in [6, 6.07) is 10.8. The second-order valence-electron chi connectivity index (χ2n) is 5.56. The summed E-state index contributed by atoms with van der Waals surface area (Å²) in [5, 5.41) is 15.2. The zero-order valence-corrected chi connectivity index (χ0v) is 14.6. The molecule has 2 aromatic carbocycles. The lowest BCUT2D eigenvalue weighted by Gasteiger charge is -2.13. The van der Waals surface area contributed by atoms with Gasteiger partial charge < -0.3 is 15.7 Å². The highest BCUT2D eigenvalue weighted by Crippen LogP contribution is 2.20. The van der Waals surface area contributed by atoms with Crippen molar-refractivity contribution in [2.45, 2.75) is 12.5 Å². The number of anilines is 1. The Morgan fingerprint density at radius 3 is 2.54 bits per heavy atom. The summed E-state index contributed by atoms with van der Waals surface area (Å²) in [6.07, 6.45) is 0.235. The van der Waals surface area contributed by atoms with Crippen LogP contribution in [0.25, 0.3) is 0 Å². The first-order valence-corrected chi connectivity index (χ1v) is 8.19. The molecule has 0 heterocycles. The smallest absolute Gasteiger partial charge is 0.247 e. The Labute approximate surface area is 155 Å². The van der Waals surface area contributed by atoms with Gasteiger partial charge in [-0.1, -0.05) is 36.4 Å². The number of rotatable bonds is 7. The van der Waals surface area contributed by atoms with E-state index in [4.69, 9.17) is 11.6 Å². The molecular formula is C19H18ClFN2O3. The van der Waals surface area contributed by atoms with Gasteiger partial charge in [0.15, 0.2) is 0 Å². The fraction of sp³-hybridized carbons (Fsp3) is 0.158. The number of amides is 2. The fourth-order valence-electron chi connectivity index (χ4n) is 2.20. The molecule has 0 aliphatic rings. The van der Waals surface area contributed by atoms with Gasteiger partial charge in [0.25, 0.3) is 0 Å². The first kappa shape index (κ1) is 19.6. The number of aliphatic hydroxyl groups excluding tert-OH is 1. The molecule has 7 heteroatoms. The van der Waals surface area contributed by atoms with Crippen molar-refractivity contribution in [2.75, 3.05) is 11.9 Å². The van der Waals surface area contributed by atoms with Crippen molar-refractivity contribution in [1.29, 1.82) is 0 Å². The van der Waals surface area contributed by atoms with Gasteiger partial charge in [0, 0.05) is 12.2 Å². The van der Waals surface area contributed by atoms with Crippen molar-refractivity contribution < 1.29 is 19.1 Å². The van der Waals surface area contributed by atoms with Crippen molar-refractivity contribution in [3.63, 3.8) is 0 Å². The van der Waals surface area contributed by atoms with Crippen molar-refractivity contribution >= 4 is 29.1 Å². The monoisotopic (exact) mass is 376 g/mol. The van der Waals surface area contributed by atoms with Crippen molar-refractivity contribution in [2.24, 2.45) is 0 Å². The SMILES string of the molecule is C=CC(=O)Nc1ccc(CC(=O)NCC(O)c2ccc(Cl)c(F)c2)cc1. The molecule has 0 aliphatic heterocycles. The minimum atomic E-state index is -1.04. The van der Waals surface area contributed by atoms with E-state index in [1.54, 1.807) is 24.3 Å². The van der Waals surface area contributed by atoms with E-state index in [1.807, 2.05) is 0 Å². The summed E-state index contributed by atoms with van der Waals surface area (Å²) in [5.74, 6) is -1.23. The topological polar surface area (TPSA) is 78.4 Å².